The second-order valence-corrected chi connectivity index (χ2v) is 5.52. The minimum atomic E-state index is -0.395. The van der Waals surface area contributed by atoms with Gasteiger partial charge in [-0.05, 0) is 40.5 Å². The van der Waals surface area contributed by atoms with Crippen LogP contribution in [0.5, 0.6) is 0 Å². The molecular formula is C12H17BrFN3O. The van der Waals surface area contributed by atoms with Gasteiger partial charge in [-0.25, -0.2) is 4.39 Å². The van der Waals surface area contributed by atoms with Crippen molar-refractivity contribution in [2.75, 3.05) is 11.9 Å². The van der Waals surface area contributed by atoms with E-state index in [2.05, 4.69) is 26.4 Å². The van der Waals surface area contributed by atoms with Crippen molar-refractivity contribution >= 4 is 27.5 Å². The summed E-state index contributed by atoms with van der Waals surface area (Å²) in [6.45, 7) is 4.42. The van der Waals surface area contributed by atoms with E-state index in [0.717, 1.165) is 5.69 Å². The third-order valence-electron chi connectivity index (χ3n) is 2.80. The molecule has 4 nitrogen and oxygen atoms in total. The van der Waals surface area contributed by atoms with Crippen LogP contribution in [0.3, 0.4) is 0 Å². The Kier molecular flexibility index (Phi) is 4.95. The van der Waals surface area contributed by atoms with Crippen molar-refractivity contribution in [3.63, 3.8) is 0 Å². The molecule has 6 heteroatoms. The van der Waals surface area contributed by atoms with Gasteiger partial charge in [0.1, 0.15) is 11.7 Å². The van der Waals surface area contributed by atoms with E-state index in [4.69, 9.17) is 10.9 Å². The van der Waals surface area contributed by atoms with Crippen LogP contribution in [0.1, 0.15) is 20.3 Å². The van der Waals surface area contributed by atoms with Gasteiger partial charge in [-0.3, -0.25) is 0 Å². The molecule has 1 rings (SSSR count). The minimum absolute atomic E-state index is 0.197. The fourth-order valence-corrected chi connectivity index (χ4v) is 1.90. The molecule has 0 aliphatic rings. The summed E-state index contributed by atoms with van der Waals surface area (Å²) in [7, 11) is 0. The standard InChI is InChI=1S/C12H17BrFN3O/c1-12(2,11(15)17-18)5-6-16-10-4-3-8(14)7-9(10)13/h3-4,7,16,18H,5-6H2,1-2H3,(H2,15,17). The molecule has 0 amide bonds. The van der Waals surface area contributed by atoms with Gasteiger partial charge in [0.15, 0.2) is 0 Å². The average Bonchev–Trinajstić information content (AvgIpc) is 2.30. The molecule has 0 aliphatic heterocycles. The molecule has 1 aromatic rings. The van der Waals surface area contributed by atoms with Crippen LogP contribution >= 0.6 is 15.9 Å². The second kappa shape index (κ2) is 6.04. The fraction of sp³-hybridized carbons (Fsp3) is 0.417. The first-order valence-corrected chi connectivity index (χ1v) is 6.33. The van der Waals surface area contributed by atoms with Crippen LogP contribution in [0.2, 0.25) is 0 Å². The first-order valence-electron chi connectivity index (χ1n) is 5.54. The van der Waals surface area contributed by atoms with Crippen molar-refractivity contribution in [3.05, 3.63) is 28.5 Å². The van der Waals surface area contributed by atoms with E-state index in [1.54, 1.807) is 6.07 Å². The summed E-state index contributed by atoms with van der Waals surface area (Å²) in [6.07, 6.45) is 0.687. The Labute approximate surface area is 114 Å². The Balaban J connectivity index is 2.57. The Morgan fingerprint density at radius 1 is 1.56 bits per heavy atom. The molecule has 0 aromatic heterocycles. The van der Waals surface area contributed by atoms with Crippen LogP contribution in [0, 0.1) is 11.2 Å². The molecule has 0 saturated carbocycles. The number of amidine groups is 1. The number of oxime groups is 1. The molecule has 18 heavy (non-hydrogen) atoms. The van der Waals surface area contributed by atoms with Crippen molar-refractivity contribution in [3.8, 4) is 0 Å². The topological polar surface area (TPSA) is 70.6 Å². The molecule has 4 N–H and O–H groups in total. The maximum Gasteiger partial charge on any atom is 0.144 e. The number of anilines is 1. The van der Waals surface area contributed by atoms with Crippen LogP contribution in [0.4, 0.5) is 10.1 Å². The molecule has 1 aromatic carbocycles. The van der Waals surface area contributed by atoms with Crippen LogP contribution in [-0.2, 0) is 0 Å². The minimum Gasteiger partial charge on any atom is -0.409 e. The second-order valence-electron chi connectivity index (χ2n) is 4.67. The number of hydrogen-bond acceptors (Lipinski definition) is 3. The smallest absolute Gasteiger partial charge is 0.144 e. The summed E-state index contributed by atoms with van der Waals surface area (Å²) >= 11 is 3.28. The third-order valence-corrected chi connectivity index (χ3v) is 3.45. The van der Waals surface area contributed by atoms with Crippen LogP contribution in [0.15, 0.2) is 27.8 Å². The number of nitrogens with zero attached hydrogens (tertiary/aromatic N) is 1. The first kappa shape index (κ1) is 14.8. The number of rotatable bonds is 5. The molecule has 100 valence electrons. The highest BCUT2D eigenvalue weighted by atomic mass is 79.9. The number of hydrogen-bond donors (Lipinski definition) is 3. The molecule has 0 radical (unpaired) electrons. The summed E-state index contributed by atoms with van der Waals surface area (Å²) in [5.41, 5.74) is 6.01. The van der Waals surface area contributed by atoms with Crippen molar-refractivity contribution < 1.29 is 9.60 Å². The SMILES string of the molecule is CC(C)(CCNc1ccc(F)cc1Br)C(N)=NO. The van der Waals surface area contributed by atoms with Gasteiger partial charge in [-0.2, -0.15) is 0 Å². The highest BCUT2D eigenvalue weighted by Gasteiger charge is 2.22. The van der Waals surface area contributed by atoms with Crippen molar-refractivity contribution in [1.29, 1.82) is 0 Å². The molecule has 0 bridgehead atoms. The monoisotopic (exact) mass is 317 g/mol. The van der Waals surface area contributed by atoms with Crippen molar-refractivity contribution in [1.82, 2.24) is 0 Å². The van der Waals surface area contributed by atoms with E-state index in [1.165, 1.54) is 12.1 Å². The van der Waals surface area contributed by atoms with Gasteiger partial charge in [0.2, 0.25) is 0 Å². The lowest BCUT2D eigenvalue weighted by molar-refractivity contribution is 0.306. The number of benzene rings is 1. The molecule has 0 saturated heterocycles. The molecule has 0 fully saturated rings. The summed E-state index contributed by atoms with van der Waals surface area (Å²) in [6, 6.07) is 4.45. The van der Waals surface area contributed by atoms with E-state index in [1.807, 2.05) is 13.8 Å². The van der Waals surface area contributed by atoms with Crippen LogP contribution < -0.4 is 11.1 Å². The molecular weight excluding hydrogens is 301 g/mol. The van der Waals surface area contributed by atoms with Crippen LogP contribution in [0.25, 0.3) is 0 Å². The predicted molar refractivity (Wildman–Crippen MR) is 74.4 cm³/mol. The largest absolute Gasteiger partial charge is 0.409 e. The zero-order chi connectivity index (χ0) is 13.8. The quantitative estimate of drug-likeness (QED) is 0.338. The fourth-order valence-electron chi connectivity index (χ4n) is 1.41. The summed E-state index contributed by atoms with van der Waals surface area (Å²) in [5.74, 6) is -0.0908. The Morgan fingerprint density at radius 2 is 2.22 bits per heavy atom. The Bertz CT molecular complexity index is 449. The average molecular weight is 318 g/mol. The summed E-state index contributed by atoms with van der Waals surface area (Å²) in [4.78, 5) is 0. The number of nitrogens with one attached hydrogen (secondary N) is 1. The number of nitrogens with two attached hydrogens (primary N) is 1. The van der Waals surface area contributed by atoms with Gasteiger partial charge in [0.25, 0.3) is 0 Å². The Morgan fingerprint density at radius 3 is 2.78 bits per heavy atom. The highest BCUT2D eigenvalue weighted by molar-refractivity contribution is 9.10. The molecule has 0 spiro atoms. The molecule has 0 aliphatic carbocycles. The molecule has 0 heterocycles. The lowest BCUT2D eigenvalue weighted by atomic mass is 9.88. The normalized spacial score (nSPS) is 12.6. The molecule has 0 atom stereocenters. The van der Waals surface area contributed by atoms with Gasteiger partial charge in [-0.15, -0.1) is 0 Å². The summed E-state index contributed by atoms with van der Waals surface area (Å²) < 4.78 is 13.6. The third kappa shape index (κ3) is 3.87. The zero-order valence-electron chi connectivity index (χ0n) is 10.4. The van der Waals surface area contributed by atoms with E-state index in [-0.39, 0.29) is 11.7 Å². The summed E-state index contributed by atoms with van der Waals surface area (Å²) in [5, 5.41) is 14.8. The van der Waals surface area contributed by atoms with Gasteiger partial charge in [0, 0.05) is 22.1 Å². The van der Waals surface area contributed by atoms with E-state index >= 15 is 0 Å². The number of halogens is 2. The first-order chi connectivity index (χ1) is 8.36. The maximum absolute atomic E-state index is 12.9. The van der Waals surface area contributed by atoms with Crippen molar-refractivity contribution in [2.45, 2.75) is 20.3 Å². The van der Waals surface area contributed by atoms with Gasteiger partial charge in [0.05, 0.1) is 0 Å². The van der Waals surface area contributed by atoms with Crippen molar-refractivity contribution in [2.24, 2.45) is 16.3 Å². The maximum atomic E-state index is 12.9. The van der Waals surface area contributed by atoms with E-state index in [0.29, 0.717) is 17.4 Å². The molecule has 0 unspecified atom stereocenters. The van der Waals surface area contributed by atoms with E-state index in [9.17, 15) is 4.39 Å². The van der Waals surface area contributed by atoms with E-state index < -0.39 is 5.41 Å². The highest BCUT2D eigenvalue weighted by Crippen LogP contribution is 2.25. The van der Waals surface area contributed by atoms with Gasteiger partial charge < -0.3 is 16.3 Å². The van der Waals surface area contributed by atoms with Gasteiger partial charge >= 0.3 is 0 Å². The van der Waals surface area contributed by atoms with Crippen LogP contribution in [-0.4, -0.2) is 17.6 Å². The predicted octanol–water partition coefficient (Wildman–Crippen LogP) is 3.16. The zero-order valence-corrected chi connectivity index (χ0v) is 12.0. The van der Waals surface area contributed by atoms with Gasteiger partial charge in [-0.1, -0.05) is 19.0 Å². The lowest BCUT2D eigenvalue weighted by Crippen LogP contribution is -2.33. The lowest BCUT2D eigenvalue weighted by Gasteiger charge is -2.23. The Hall–Kier alpha value is -1.30.